The SMILES string of the molecule is CCC1CN(c2ccc(Cl)cc2C(=N)N)CCS1. The van der Waals surface area contributed by atoms with E-state index in [4.69, 9.17) is 22.7 Å². The Balaban J connectivity index is 2.29. The predicted molar refractivity (Wildman–Crippen MR) is 81.2 cm³/mol. The van der Waals surface area contributed by atoms with Crippen LogP contribution in [0.1, 0.15) is 18.9 Å². The quantitative estimate of drug-likeness (QED) is 0.662. The highest BCUT2D eigenvalue weighted by Gasteiger charge is 2.21. The Morgan fingerprint density at radius 2 is 2.39 bits per heavy atom. The highest BCUT2D eigenvalue weighted by atomic mass is 35.5. The Kier molecular flexibility index (Phi) is 4.40. The molecule has 1 fully saturated rings. The van der Waals surface area contributed by atoms with Crippen molar-refractivity contribution in [2.75, 3.05) is 23.7 Å². The molecule has 1 aliphatic rings. The minimum Gasteiger partial charge on any atom is -0.384 e. The summed E-state index contributed by atoms with van der Waals surface area (Å²) in [6.45, 7) is 4.24. The van der Waals surface area contributed by atoms with E-state index < -0.39 is 0 Å². The molecule has 0 aliphatic carbocycles. The van der Waals surface area contributed by atoms with Gasteiger partial charge in [-0.25, -0.2) is 0 Å². The van der Waals surface area contributed by atoms with Crippen LogP contribution in [0.2, 0.25) is 5.02 Å². The molecule has 18 heavy (non-hydrogen) atoms. The van der Waals surface area contributed by atoms with Gasteiger partial charge in [0.05, 0.1) is 0 Å². The molecule has 0 amide bonds. The molecule has 0 spiro atoms. The van der Waals surface area contributed by atoms with Gasteiger partial charge in [0.2, 0.25) is 0 Å². The second kappa shape index (κ2) is 5.85. The van der Waals surface area contributed by atoms with E-state index in [0.29, 0.717) is 10.3 Å². The summed E-state index contributed by atoms with van der Waals surface area (Å²) in [6, 6.07) is 5.62. The van der Waals surface area contributed by atoms with Crippen LogP contribution in [0, 0.1) is 5.41 Å². The van der Waals surface area contributed by atoms with E-state index in [-0.39, 0.29) is 5.84 Å². The standard InChI is InChI=1S/C13H18ClN3S/c1-2-10-8-17(5-6-18-10)12-4-3-9(14)7-11(12)13(15)16/h3-4,7,10H,2,5-6,8H2,1H3,(H3,15,16). The lowest BCUT2D eigenvalue weighted by Gasteiger charge is -2.34. The smallest absolute Gasteiger partial charge is 0.124 e. The maximum absolute atomic E-state index is 7.67. The van der Waals surface area contributed by atoms with Gasteiger partial charge in [0.1, 0.15) is 5.84 Å². The van der Waals surface area contributed by atoms with Crippen molar-refractivity contribution in [2.45, 2.75) is 18.6 Å². The summed E-state index contributed by atoms with van der Waals surface area (Å²) in [5, 5.41) is 8.96. The molecule has 0 radical (unpaired) electrons. The zero-order valence-corrected chi connectivity index (χ0v) is 12.0. The lowest BCUT2D eigenvalue weighted by Crippen LogP contribution is -2.38. The molecular formula is C13H18ClN3S. The fourth-order valence-corrected chi connectivity index (χ4v) is 3.54. The van der Waals surface area contributed by atoms with Crippen LogP contribution in [0.15, 0.2) is 18.2 Å². The summed E-state index contributed by atoms with van der Waals surface area (Å²) in [5.74, 6) is 1.21. The van der Waals surface area contributed by atoms with E-state index in [0.717, 1.165) is 30.1 Å². The second-order valence-corrected chi connectivity index (χ2v) is 6.27. The Morgan fingerprint density at radius 3 is 3.06 bits per heavy atom. The second-order valence-electron chi connectivity index (χ2n) is 4.42. The number of nitrogens with one attached hydrogen (secondary N) is 1. The average molecular weight is 284 g/mol. The van der Waals surface area contributed by atoms with Gasteiger partial charge < -0.3 is 10.6 Å². The summed E-state index contributed by atoms with van der Waals surface area (Å²) in [5.41, 5.74) is 7.42. The maximum atomic E-state index is 7.67. The molecule has 0 bridgehead atoms. The zero-order chi connectivity index (χ0) is 13.1. The van der Waals surface area contributed by atoms with Crippen molar-refractivity contribution in [1.29, 1.82) is 5.41 Å². The molecule has 1 saturated heterocycles. The molecule has 0 saturated carbocycles. The van der Waals surface area contributed by atoms with E-state index in [1.54, 1.807) is 6.07 Å². The number of thioether (sulfide) groups is 1. The van der Waals surface area contributed by atoms with Crippen LogP contribution in [0.5, 0.6) is 0 Å². The van der Waals surface area contributed by atoms with E-state index in [1.165, 1.54) is 6.42 Å². The number of nitrogens with two attached hydrogens (primary N) is 1. The highest BCUT2D eigenvalue weighted by molar-refractivity contribution is 8.00. The van der Waals surface area contributed by atoms with Crippen molar-refractivity contribution in [2.24, 2.45) is 5.73 Å². The van der Waals surface area contributed by atoms with Crippen LogP contribution in [0.25, 0.3) is 0 Å². The first-order chi connectivity index (χ1) is 8.61. The van der Waals surface area contributed by atoms with E-state index in [1.807, 2.05) is 23.9 Å². The fraction of sp³-hybridized carbons (Fsp3) is 0.462. The van der Waals surface area contributed by atoms with Crippen LogP contribution in [-0.2, 0) is 0 Å². The third-order valence-corrected chi connectivity index (χ3v) is 4.79. The number of hydrogen-bond acceptors (Lipinski definition) is 3. The van der Waals surface area contributed by atoms with Crippen LogP contribution in [-0.4, -0.2) is 29.9 Å². The van der Waals surface area contributed by atoms with Crippen molar-refractivity contribution in [1.82, 2.24) is 0 Å². The van der Waals surface area contributed by atoms with Crippen molar-refractivity contribution < 1.29 is 0 Å². The van der Waals surface area contributed by atoms with Crippen molar-refractivity contribution in [3.63, 3.8) is 0 Å². The van der Waals surface area contributed by atoms with Crippen molar-refractivity contribution in [3.05, 3.63) is 28.8 Å². The molecule has 0 aromatic heterocycles. The Hall–Kier alpha value is -0.870. The van der Waals surface area contributed by atoms with Gasteiger partial charge in [0.15, 0.2) is 0 Å². The summed E-state index contributed by atoms with van der Waals surface area (Å²) in [4.78, 5) is 2.32. The third kappa shape index (κ3) is 2.93. The van der Waals surface area contributed by atoms with Crippen molar-refractivity contribution in [3.8, 4) is 0 Å². The van der Waals surface area contributed by atoms with Crippen molar-refractivity contribution >= 4 is 34.9 Å². The summed E-state index contributed by atoms with van der Waals surface area (Å²) < 4.78 is 0. The first kappa shape index (κ1) is 13.6. The van der Waals surface area contributed by atoms with Crippen LogP contribution in [0.4, 0.5) is 5.69 Å². The number of halogens is 1. The number of rotatable bonds is 3. The number of anilines is 1. The molecule has 5 heteroatoms. The summed E-state index contributed by atoms with van der Waals surface area (Å²) in [7, 11) is 0. The van der Waals surface area contributed by atoms with Gasteiger partial charge >= 0.3 is 0 Å². The van der Waals surface area contributed by atoms with E-state index >= 15 is 0 Å². The molecule has 3 N–H and O–H groups in total. The molecular weight excluding hydrogens is 266 g/mol. The number of amidine groups is 1. The summed E-state index contributed by atoms with van der Waals surface area (Å²) in [6.07, 6.45) is 1.17. The number of hydrogen-bond donors (Lipinski definition) is 2. The fourth-order valence-electron chi connectivity index (χ4n) is 2.18. The Bertz CT molecular complexity index is 450. The molecule has 1 atom stereocenters. The molecule has 1 unspecified atom stereocenters. The maximum Gasteiger partial charge on any atom is 0.124 e. The first-order valence-corrected chi connectivity index (χ1v) is 7.55. The predicted octanol–water partition coefficient (Wildman–Crippen LogP) is 2.96. The van der Waals surface area contributed by atoms with Gasteiger partial charge in [0, 0.05) is 40.4 Å². The van der Waals surface area contributed by atoms with Gasteiger partial charge in [-0.05, 0) is 24.6 Å². The number of nitrogen functional groups attached to an aromatic ring is 1. The molecule has 1 aliphatic heterocycles. The minimum atomic E-state index is 0.0822. The molecule has 3 nitrogen and oxygen atoms in total. The minimum absolute atomic E-state index is 0.0822. The summed E-state index contributed by atoms with van der Waals surface area (Å²) >= 11 is 8.01. The van der Waals surface area contributed by atoms with Gasteiger partial charge in [-0.1, -0.05) is 18.5 Å². The zero-order valence-electron chi connectivity index (χ0n) is 10.4. The van der Waals surface area contributed by atoms with E-state index in [9.17, 15) is 0 Å². The van der Waals surface area contributed by atoms with E-state index in [2.05, 4.69) is 11.8 Å². The number of benzene rings is 1. The molecule has 1 aromatic carbocycles. The van der Waals surface area contributed by atoms with Gasteiger partial charge in [-0.3, -0.25) is 5.41 Å². The monoisotopic (exact) mass is 283 g/mol. The average Bonchev–Trinajstić information content (AvgIpc) is 2.38. The van der Waals surface area contributed by atoms with Gasteiger partial charge in [-0.2, -0.15) is 11.8 Å². The van der Waals surface area contributed by atoms with Gasteiger partial charge in [-0.15, -0.1) is 0 Å². The first-order valence-electron chi connectivity index (χ1n) is 6.12. The lowest BCUT2D eigenvalue weighted by atomic mass is 10.1. The molecule has 2 rings (SSSR count). The molecule has 1 heterocycles. The number of nitrogens with zero attached hydrogens (tertiary/aromatic N) is 1. The lowest BCUT2D eigenvalue weighted by molar-refractivity contribution is 0.728. The highest BCUT2D eigenvalue weighted by Crippen LogP contribution is 2.29. The Labute approximate surface area is 117 Å². The van der Waals surface area contributed by atoms with Crippen LogP contribution < -0.4 is 10.6 Å². The third-order valence-electron chi connectivity index (χ3n) is 3.18. The molecule has 1 aromatic rings. The topological polar surface area (TPSA) is 53.1 Å². The van der Waals surface area contributed by atoms with Crippen LogP contribution >= 0.6 is 23.4 Å². The van der Waals surface area contributed by atoms with Crippen LogP contribution in [0.3, 0.4) is 0 Å². The largest absolute Gasteiger partial charge is 0.384 e. The van der Waals surface area contributed by atoms with Gasteiger partial charge in [0.25, 0.3) is 0 Å². The molecule has 98 valence electrons. The normalized spacial score (nSPS) is 19.9. The Morgan fingerprint density at radius 1 is 1.61 bits per heavy atom.